The molecule has 21 heavy (non-hydrogen) atoms. The highest BCUT2D eigenvalue weighted by Crippen LogP contribution is 2.21. The SMILES string of the molecule is Cc1cc(F)ccc1S(=O)(=O)NC(C)(CN)CC(C)C.Cl. The van der Waals surface area contributed by atoms with E-state index in [1.54, 1.807) is 13.8 Å². The van der Waals surface area contributed by atoms with E-state index in [-0.39, 0.29) is 23.8 Å². The van der Waals surface area contributed by atoms with Gasteiger partial charge in [-0.15, -0.1) is 12.4 Å². The number of hydrogen-bond acceptors (Lipinski definition) is 3. The number of halogens is 2. The van der Waals surface area contributed by atoms with Crippen molar-refractivity contribution in [3.8, 4) is 0 Å². The van der Waals surface area contributed by atoms with Crippen LogP contribution >= 0.6 is 12.4 Å². The van der Waals surface area contributed by atoms with Crippen LogP contribution in [-0.2, 0) is 10.0 Å². The Balaban J connectivity index is 0.00000400. The van der Waals surface area contributed by atoms with Gasteiger partial charge < -0.3 is 5.73 Å². The first kappa shape index (κ1) is 20.3. The van der Waals surface area contributed by atoms with Crippen LogP contribution in [0.3, 0.4) is 0 Å². The highest BCUT2D eigenvalue weighted by atomic mass is 35.5. The summed E-state index contributed by atoms with van der Waals surface area (Å²) in [7, 11) is -3.72. The van der Waals surface area contributed by atoms with E-state index < -0.39 is 21.4 Å². The van der Waals surface area contributed by atoms with Crippen LogP contribution in [0.2, 0.25) is 0 Å². The lowest BCUT2D eigenvalue weighted by molar-refractivity contribution is 0.344. The summed E-state index contributed by atoms with van der Waals surface area (Å²) >= 11 is 0. The average molecular weight is 339 g/mol. The molecule has 1 aromatic rings. The summed E-state index contributed by atoms with van der Waals surface area (Å²) in [6, 6.07) is 3.62. The molecule has 0 saturated heterocycles. The van der Waals surface area contributed by atoms with Crippen LogP contribution in [0.4, 0.5) is 4.39 Å². The van der Waals surface area contributed by atoms with E-state index in [2.05, 4.69) is 4.72 Å². The first-order valence-corrected chi connectivity index (χ1v) is 8.08. The van der Waals surface area contributed by atoms with Gasteiger partial charge in [0.2, 0.25) is 10.0 Å². The van der Waals surface area contributed by atoms with Crippen molar-refractivity contribution in [2.45, 2.75) is 44.6 Å². The molecule has 0 saturated carbocycles. The third-order valence-electron chi connectivity index (χ3n) is 3.12. The van der Waals surface area contributed by atoms with Gasteiger partial charge in [-0.25, -0.2) is 17.5 Å². The Morgan fingerprint density at radius 3 is 2.38 bits per heavy atom. The van der Waals surface area contributed by atoms with E-state index in [0.29, 0.717) is 17.9 Å². The van der Waals surface area contributed by atoms with Crippen LogP contribution in [0.15, 0.2) is 23.1 Å². The molecule has 3 N–H and O–H groups in total. The molecular weight excluding hydrogens is 315 g/mol. The zero-order valence-electron chi connectivity index (χ0n) is 12.8. The monoisotopic (exact) mass is 338 g/mol. The van der Waals surface area contributed by atoms with E-state index >= 15 is 0 Å². The minimum Gasteiger partial charge on any atom is -0.329 e. The number of benzene rings is 1. The number of nitrogens with two attached hydrogens (primary N) is 1. The smallest absolute Gasteiger partial charge is 0.241 e. The van der Waals surface area contributed by atoms with Crippen LogP contribution in [0.5, 0.6) is 0 Å². The van der Waals surface area contributed by atoms with Crippen LogP contribution in [0.25, 0.3) is 0 Å². The zero-order chi connectivity index (χ0) is 15.6. The first-order valence-electron chi connectivity index (χ1n) is 6.60. The Kier molecular flexibility index (Phi) is 7.29. The van der Waals surface area contributed by atoms with Crippen molar-refractivity contribution in [1.29, 1.82) is 0 Å². The fourth-order valence-corrected chi connectivity index (χ4v) is 4.02. The van der Waals surface area contributed by atoms with Gasteiger partial charge in [-0.3, -0.25) is 0 Å². The lowest BCUT2D eigenvalue weighted by Crippen LogP contribution is -2.52. The van der Waals surface area contributed by atoms with E-state index in [9.17, 15) is 12.8 Å². The second kappa shape index (κ2) is 7.54. The molecule has 1 unspecified atom stereocenters. The van der Waals surface area contributed by atoms with Crippen molar-refractivity contribution < 1.29 is 12.8 Å². The topological polar surface area (TPSA) is 72.2 Å². The molecule has 7 heteroatoms. The summed E-state index contributed by atoms with van der Waals surface area (Å²) in [6.07, 6.45) is 0.628. The average Bonchev–Trinajstić information content (AvgIpc) is 2.26. The predicted molar refractivity (Wildman–Crippen MR) is 85.6 cm³/mol. The molecule has 0 aliphatic rings. The van der Waals surface area contributed by atoms with Crippen molar-refractivity contribution in [3.63, 3.8) is 0 Å². The second-order valence-corrected chi connectivity index (χ2v) is 7.53. The van der Waals surface area contributed by atoms with Gasteiger partial charge in [0.25, 0.3) is 0 Å². The lowest BCUT2D eigenvalue weighted by Gasteiger charge is -2.31. The quantitative estimate of drug-likeness (QED) is 0.837. The summed E-state index contributed by atoms with van der Waals surface area (Å²) in [5.41, 5.74) is 5.38. The van der Waals surface area contributed by atoms with E-state index in [4.69, 9.17) is 5.73 Å². The van der Waals surface area contributed by atoms with Gasteiger partial charge in [-0.05, 0) is 49.9 Å². The molecule has 0 fully saturated rings. The molecule has 0 aliphatic heterocycles. The van der Waals surface area contributed by atoms with Crippen molar-refractivity contribution in [3.05, 3.63) is 29.6 Å². The van der Waals surface area contributed by atoms with Gasteiger partial charge in [-0.1, -0.05) is 13.8 Å². The van der Waals surface area contributed by atoms with Gasteiger partial charge in [0, 0.05) is 12.1 Å². The Hall–Kier alpha value is -0.690. The summed E-state index contributed by atoms with van der Waals surface area (Å²) < 4.78 is 40.6. The molecule has 1 atom stereocenters. The van der Waals surface area contributed by atoms with Crippen LogP contribution in [-0.4, -0.2) is 20.5 Å². The van der Waals surface area contributed by atoms with Gasteiger partial charge in [-0.2, -0.15) is 0 Å². The summed E-state index contributed by atoms with van der Waals surface area (Å²) in [5, 5.41) is 0. The first-order chi connectivity index (χ1) is 9.09. The highest BCUT2D eigenvalue weighted by Gasteiger charge is 2.30. The maximum Gasteiger partial charge on any atom is 0.241 e. The highest BCUT2D eigenvalue weighted by molar-refractivity contribution is 7.89. The normalized spacial score (nSPS) is 14.6. The van der Waals surface area contributed by atoms with E-state index in [1.165, 1.54) is 12.1 Å². The van der Waals surface area contributed by atoms with Gasteiger partial charge >= 0.3 is 0 Å². The van der Waals surface area contributed by atoms with Gasteiger partial charge in [0.1, 0.15) is 5.82 Å². The Morgan fingerprint density at radius 2 is 1.95 bits per heavy atom. The van der Waals surface area contributed by atoms with Crippen molar-refractivity contribution in [2.75, 3.05) is 6.54 Å². The van der Waals surface area contributed by atoms with Gasteiger partial charge in [0.15, 0.2) is 0 Å². The molecule has 122 valence electrons. The lowest BCUT2D eigenvalue weighted by atomic mass is 9.92. The molecule has 1 aromatic carbocycles. The fraction of sp³-hybridized carbons (Fsp3) is 0.571. The molecule has 0 aliphatic carbocycles. The molecule has 0 radical (unpaired) electrons. The molecule has 0 aromatic heterocycles. The van der Waals surface area contributed by atoms with Crippen LogP contribution in [0, 0.1) is 18.7 Å². The number of aryl methyl sites for hydroxylation is 1. The predicted octanol–water partition coefficient (Wildman–Crippen LogP) is 2.60. The number of sulfonamides is 1. The summed E-state index contributed by atoms with van der Waals surface area (Å²) in [4.78, 5) is 0.0855. The second-order valence-electron chi connectivity index (χ2n) is 5.88. The Labute approximate surface area is 132 Å². The van der Waals surface area contributed by atoms with Gasteiger partial charge in [0.05, 0.1) is 4.90 Å². The summed E-state index contributed by atoms with van der Waals surface area (Å²) in [5.74, 6) is -0.147. The molecule has 0 amide bonds. The number of rotatable bonds is 6. The molecule has 0 spiro atoms. The van der Waals surface area contributed by atoms with Crippen LogP contribution < -0.4 is 10.5 Å². The molecule has 4 nitrogen and oxygen atoms in total. The van der Waals surface area contributed by atoms with E-state index in [1.807, 2.05) is 13.8 Å². The maximum atomic E-state index is 13.1. The van der Waals surface area contributed by atoms with Crippen LogP contribution in [0.1, 0.15) is 32.8 Å². The summed E-state index contributed by atoms with van der Waals surface area (Å²) in [6.45, 7) is 7.56. The Bertz CT molecular complexity index is 578. The van der Waals surface area contributed by atoms with Crippen molar-refractivity contribution in [1.82, 2.24) is 4.72 Å². The van der Waals surface area contributed by atoms with Crippen molar-refractivity contribution in [2.24, 2.45) is 11.7 Å². The molecule has 0 heterocycles. The van der Waals surface area contributed by atoms with Crippen molar-refractivity contribution >= 4 is 22.4 Å². The standard InChI is InChI=1S/C14H23FN2O2S.ClH/c1-10(2)8-14(4,9-16)17-20(18,19)13-6-5-12(15)7-11(13)3;/h5-7,10,17H,8-9,16H2,1-4H3;1H. The number of nitrogens with one attached hydrogen (secondary N) is 1. The van der Waals surface area contributed by atoms with E-state index in [0.717, 1.165) is 6.07 Å². The molecule has 1 rings (SSSR count). The minimum atomic E-state index is -3.72. The number of hydrogen-bond donors (Lipinski definition) is 2. The fourth-order valence-electron chi connectivity index (χ4n) is 2.36. The molecule has 0 bridgehead atoms. The maximum absolute atomic E-state index is 13.1. The zero-order valence-corrected chi connectivity index (χ0v) is 14.4. The third-order valence-corrected chi connectivity index (χ3v) is 4.92. The largest absolute Gasteiger partial charge is 0.329 e. The third kappa shape index (κ3) is 5.54. The Morgan fingerprint density at radius 1 is 1.38 bits per heavy atom. The molecular formula is C14H24ClFN2O2S. The minimum absolute atomic E-state index is 0.